The number of hydrogen-bond donors (Lipinski definition) is 2. The molecule has 3 N–H and O–H groups in total. The van der Waals surface area contributed by atoms with Crippen LogP contribution in [0.15, 0.2) is 0 Å². The van der Waals surface area contributed by atoms with E-state index in [1.165, 1.54) is 0 Å². The summed E-state index contributed by atoms with van der Waals surface area (Å²) in [5, 5.41) is 2.30. The lowest BCUT2D eigenvalue weighted by Crippen LogP contribution is -2.32. The van der Waals surface area contributed by atoms with Crippen LogP contribution in [-0.2, 0) is 0 Å². The first-order chi connectivity index (χ1) is 7.92. The van der Waals surface area contributed by atoms with Gasteiger partial charge < -0.3 is 11.1 Å². The number of hydrogen-bond acceptors (Lipinski definition) is 2. The second-order valence-corrected chi connectivity index (χ2v) is 4.05. The molecule has 2 rings (SSSR count). The third-order valence-corrected chi connectivity index (χ3v) is 2.84. The highest BCUT2D eigenvalue weighted by Crippen LogP contribution is 2.40. The molecule has 1 aliphatic carbocycles. The average Bonchev–Trinajstić information content (AvgIpc) is 3.10. The van der Waals surface area contributed by atoms with E-state index in [1.807, 2.05) is 0 Å². The van der Waals surface area contributed by atoms with Gasteiger partial charge in [-0.05, 0) is 12.8 Å². The summed E-state index contributed by atoms with van der Waals surface area (Å²) in [6.07, 6.45) is 1.06. The van der Waals surface area contributed by atoms with Crippen LogP contribution in [0.25, 0.3) is 0 Å². The number of halogens is 5. The lowest BCUT2D eigenvalue weighted by molar-refractivity contribution is 0.380. The minimum absolute atomic E-state index is 0.0620. The molecule has 0 spiro atoms. The van der Waals surface area contributed by atoms with Crippen molar-refractivity contribution in [2.24, 2.45) is 5.73 Å². The Morgan fingerprint density at radius 3 is 1.65 bits per heavy atom. The van der Waals surface area contributed by atoms with Gasteiger partial charge in [0.2, 0.25) is 5.82 Å². The SMILES string of the molecule is NCC1(Nc2c(F)c(F)c(F)c(F)c2F)CC1. The Bertz CT molecular complexity index is 441. The van der Waals surface area contributed by atoms with Gasteiger partial charge in [-0.2, -0.15) is 0 Å². The number of anilines is 1. The summed E-state index contributed by atoms with van der Waals surface area (Å²) in [4.78, 5) is 0. The Hall–Kier alpha value is -1.37. The van der Waals surface area contributed by atoms with E-state index < -0.39 is 40.3 Å². The van der Waals surface area contributed by atoms with Gasteiger partial charge in [-0.15, -0.1) is 0 Å². The van der Waals surface area contributed by atoms with Crippen LogP contribution in [0.4, 0.5) is 27.6 Å². The number of rotatable bonds is 3. The van der Waals surface area contributed by atoms with E-state index in [0.29, 0.717) is 12.8 Å². The van der Waals surface area contributed by atoms with Crippen molar-refractivity contribution < 1.29 is 22.0 Å². The van der Waals surface area contributed by atoms with E-state index in [2.05, 4.69) is 5.32 Å². The van der Waals surface area contributed by atoms with Crippen LogP contribution in [0.2, 0.25) is 0 Å². The predicted octanol–water partition coefficient (Wildman–Crippen LogP) is 2.29. The van der Waals surface area contributed by atoms with Gasteiger partial charge in [-0.25, -0.2) is 22.0 Å². The summed E-state index contributed by atoms with van der Waals surface area (Å²) in [6, 6.07) is 0. The minimum Gasteiger partial charge on any atom is -0.373 e. The van der Waals surface area contributed by atoms with Crippen LogP contribution in [0.3, 0.4) is 0 Å². The third kappa shape index (κ3) is 1.84. The molecule has 0 amide bonds. The van der Waals surface area contributed by atoms with Crippen molar-refractivity contribution in [2.75, 3.05) is 11.9 Å². The highest BCUT2D eigenvalue weighted by Gasteiger charge is 2.43. The largest absolute Gasteiger partial charge is 0.373 e. The van der Waals surface area contributed by atoms with Gasteiger partial charge in [0.15, 0.2) is 23.3 Å². The van der Waals surface area contributed by atoms with Crippen molar-refractivity contribution in [3.05, 3.63) is 29.1 Å². The van der Waals surface area contributed by atoms with Crippen LogP contribution in [-0.4, -0.2) is 12.1 Å². The topological polar surface area (TPSA) is 38.0 Å². The molecule has 7 heteroatoms. The van der Waals surface area contributed by atoms with Crippen molar-refractivity contribution >= 4 is 5.69 Å². The fourth-order valence-corrected chi connectivity index (χ4v) is 1.51. The summed E-state index contributed by atoms with van der Waals surface area (Å²) in [5.41, 5.74) is 3.59. The zero-order valence-corrected chi connectivity index (χ0v) is 8.59. The molecule has 0 heterocycles. The molecule has 1 saturated carbocycles. The second-order valence-electron chi connectivity index (χ2n) is 4.05. The summed E-state index contributed by atoms with van der Waals surface area (Å²) in [7, 11) is 0. The Morgan fingerprint density at radius 1 is 0.882 bits per heavy atom. The van der Waals surface area contributed by atoms with E-state index in [-0.39, 0.29) is 6.54 Å². The Labute approximate surface area is 93.6 Å². The maximum Gasteiger partial charge on any atom is 0.200 e. The molecule has 0 aliphatic heterocycles. The van der Waals surface area contributed by atoms with E-state index in [9.17, 15) is 22.0 Å². The predicted molar refractivity (Wildman–Crippen MR) is 50.9 cm³/mol. The Morgan fingerprint density at radius 2 is 1.29 bits per heavy atom. The van der Waals surface area contributed by atoms with Crippen molar-refractivity contribution in [1.82, 2.24) is 0 Å². The number of nitrogens with one attached hydrogen (secondary N) is 1. The van der Waals surface area contributed by atoms with Crippen LogP contribution in [0.5, 0.6) is 0 Å². The molecular weight excluding hydrogens is 243 g/mol. The van der Waals surface area contributed by atoms with E-state index in [0.717, 1.165) is 0 Å². The monoisotopic (exact) mass is 252 g/mol. The van der Waals surface area contributed by atoms with E-state index in [1.54, 1.807) is 0 Å². The summed E-state index contributed by atoms with van der Waals surface area (Å²) in [6.45, 7) is 0.0620. The minimum atomic E-state index is -2.16. The van der Waals surface area contributed by atoms with Crippen molar-refractivity contribution in [3.63, 3.8) is 0 Å². The number of benzene rings is 1. The highest BCUT2D eigenvalue weighted by molar-refractivity contribution is 5.51. The summed E-state index contributed by atoms with van der Waals surface area (Å²) in [5.74, 6) is -9.80. The Kier molecular flexibility index (Phi) is 2.73. The Balaban J connectivity index is 2.47. The summed E-state index contributed by atoms with van der Waals surface area (Å²) < 4.78 is 65.0. The number of nitrogens with two attached hydrogens (primary N) is 1. The molecule has 1 aromatic carbocycles. The van der Waals surface area contributed by atoms with Crippen molar-refractivity contribution in [3.8, 4) is 0 Å². The molecule has 1 fully saturated rings. The molecule has 0 unspecified atom stereocenters. The van der Waals surface area contributed by atoms with Crippen LogP contribution in [0.1, 0.15) is 12.8 Å². The fourth-order valence-electron chi connectivity index (χ4n) is 1.51. The molecule has 94 valence electrons. The first kappa shape index (κ1) is 12.1. The first-order valence-electron chi connectivity index (χ1n) is 4.91. The summed E-state index contributed by atoms with van der Waals surface area (Å²) >= 11 is 0. The molecule has 0 atom stereocenters. The molecular formula is C10H9F5N2. The van der Waals surface area contributed by atoms with Gasteiger partial charge in [0.25, 0.3) is 0 Å². The molecule has 1 aromatic rings. The molecule has 1 aliphatic rings. The molecule has 2 nitrogen and oxygen atoms in total. The molecule has 0 saturated heterocycles. The third-order valence-electron chi connectivity index (χ3n) is 2.84. The van der Waals surface area contributed by atoms with Crippen molar-refractivity contribution in [1.29, 1.82) is 0 Å². The highest BCUT2D eigenvalue weighted by atomic mass is 19.2. The van der Waals surface area contributed by atoms with Gasteiger partial charge >= 0.3 is 0 Å². The van der Waals surface area contributed by atoms with Gasteiger partial charge in [0.05, 0.1) is 0 Å². The first-order valence-corrected chi connectivity index (χ1v) is 4.91. The van der Waals surface area contributed by atoms with Crippen molar-refractivity contribution in [2.45, 2.75) is 18.4 Å². The van der Waals surface area contributed by atoms with Gasteiger partial charge in [0, 0.05) is 12.1 Å². The normalized spacial score (nSPS) is 17.1. The molecule has 0 bridgehead atoms. The smallest absolute Gasteiger partial charge is 0.200 e. The standard InChI is InChI=1S/C10H9F5N2/c11-4-5(12)7(14)9(8(15)6(4)13)17-10(3-16)1-2-10/h17H,1-3,16H2. The maximum atomic E-state index is 13.3. The quantitative estimate of drug-likeness (QED) is 0.492. The van der Waals surface area contributed by atoms with Gasteiger partial charge in [-0.1, -0.05) is 0 Å². The molecule has 0 radical (unpaired) electrons. The average molecular weight is 252 g/mol. The van der Waals surface area contributed by atoms with Gasteiger partial charge in [-0.3, -0.25) is 0 Å². The zero-order valence-electron chi connectivity index (χ0n) is 8.59. The fraction of sp³-hybridized carbons (Fsp3) is 0.400. The van der Waals surface area contributed by atoms with E-state index >= 15 is 0 Å². The van der Waals surface area contributed by atoms with Gasteiger partial charge in [0.1, 0.15) is 5.69 Å². The second kappa shape index (κ2) is 3.83. The molecule has 17 heavy (non-hydrogen) atoms. The van der Waals surface area contributed by atoms with Crippen LogP contribution >= 0.6 is 0 Å². The lowest BCUT2D eigenvalue weighted by Gasteiger charge is -2.18. The lowest BCUT2D eigenvalue weighted by atomic mass is 10.2. The van der Waals surface area contributed by atoms with Crippen LogP contribution in [0, 0.1) is 29.1 Å². The zero-order chi connectivity index (χ0) is 12.8. The van der Waals surface area contributed by atoms with Crippen LogP contribution < -0.4 is 11.1 Å². The molecule has 0 aromatic heterocycles. The maximum absolute atomic E-state index is 13.3. The van der Waals surface area contributed by atoms with E-state index in [4.69, 9.17) is 5.73 Å².